The zero-order chi connectivity index (χ0) is 11.7. The highest BCUT2D eigenvalue weighted by atomic mass is 19.1. The highest BCUT2D eigenvalue weighted by Gasteiger charge is 2.08. The summed E-state index contributed by atoms with van der Waals surface area (Å²) in [5, 5.41) is 7.15. The molecule has 0 aliphatic carbocycles. The van der Waals surface area contributed by atoms with Crippen LogP contribution in [0.1, 0.15) is 31.0 Å². The molecule has 0 aliphatic heterocycles. The molecule has 16 heavy (non-hydrogen) atoms. The average Bonchev–Trinajstić information content (AvgIpc) is 2.71. The van der Waals surface area contributed by atoms with E-state index in [0.717, 1.165) is 17.0 Å². The van der Waals surface area contributed by atoms with Gasteiger partial charge in [0.15, 0.2) is 0 Å². The molecule has 0 amide bonds. The van der Waals surface area contributed by atoms with E-state index in [1.54, 1.807) is 13.0 Å². The van der Waals surface area contributed by atoms with E-state index in [4.69, 9.17) is 0 Å². The summed E-state index contributed by atoms with van der Waals surface area (Å²) in [6.45, 7) is 5.93. The Labute approximate surface area is 94.5 Å². The van der Waals surface area contributed by atoms with Crippen molar-refractivity contribution < 1.29 is 4.39 Å². The van der Waals surface area contributed by atoms with Gasteiger partial charge in [-0.3, -0.25) is 5.10 Å². The fourth-order valence-corrected chi connectivity index (χ4v) is 1.53. The van der Waals surface area contributed by atoms with E-state index in [0.29, 0.717) is 11.5 Å². The number of aryl methyl sites for hydroxylation is 1. The molecule has 1 aromatic heterocycles. The lowest BCUT2D eigenvalue weighted by molar-refractivity contribution is 0.619. The fourth-order valence-electron chi connectivity index (χ4n) is 1.53. The van der Waals surface area contributed by atoms with Crippen molar-refractivity contribution in [2.24, 2.45) is 0 Å². The van der Waals surface area contributed by atoms with Crippen LogP contribution in [0.5, 0.6) is 0 Å². The summed E-state index contributed by atoms with van der Waals surface area (Å²) in [5.41, 5.74) is 3.33. The molecule has 0 aliphatic rings. The summed E-state index contributed by atoms with van der Waals surface area (Å²) in [4.78, 5) is 0. The molecule has 2 aromatic rings. The van der Waals surface area contributed by atoms with Gasteiger partial charge < -0.3 is 0 Å². The molecule has 0 saturated heterocycles. The predicted octanol–water partition coefficient (Wildman–Crippen LogP) is 3.65. The first-order valence-corrected chi connectivity index (χ1v) is 5.39. The van der Waals surface area contributed by atoms with Crippen LogP contribution in [0.15, 0.2) is 24.3 Å². The lowest BCUT2D eigenvalue weighted by atomic mass is 10.1. The van der Waals surface area contributed by atoms with Gasteiger partial charge in [0.2, 0.25) is 0 Å². The minimum absolute atomic E-state index is 0.188. The Kier molecular flexibility index (Phi) is 2.77. The molecular weight excluding hydrogens is 203 g/mol. The molecular formula is C13H15FN2. The molecule has 84 valence electrons. The minimum Gasteiger partial charge on any atom is -0.282 e. The van der Waals surface area contributed by atoms with Crippen molar-refractivity contribution in [3.8, 4) is 11.3 Å². The van der Waals surface area contributed by atoms with Gasteiger partial charge in [0.1, 0.15) is 5.82 Å². The smallest absolute Gasteiger partial charge is 0.126 e. The summed E-state index contributed by atoms with van der Waals surface area (Å²) < 4.78 is 13.4. The van der Waals surface area contributed by atoms with E-state index in [-0.39, 0.29) is 5.82 Å². The maximum Gasteiger partial charge on any atom is 0.126 e. The molecule has 1 aromatic carbocycles. The van der Waals surface area contributed by atoms with Gasteiger partial charge in [-0.15, -0.1) is 0 Å². The third-order valence-corrected chi connectivity index (χ3v) is 2.69. The molecule has 1 heterocycles. The first-order valence-electron chi connectivity index (χ1n) is 5.39. The lowest BCUT2D eigenvalue weighted by Crippen LogP contribution is -1.85. The number of aromatic amines is 1. The minimum atomic E-state index is -0.188. The van der Waals surface area contributed by atoms with Gasteiger partial charge in [-0.25, -0.2) is 4.39 Å². The van der Waals surface area contributed by atoms with Crippen LogP contribution >= 0.6 is 0 Å². The molecule has 0 bridgehead atoms. The van der Waals surface area contributed by atoms with Gasteiger partial charge in [-0.1, -0.05) is 26.0 Å². The zero-order valence-electron chi connectivity index (χ0n) is 9.71. The van der Waals surface area contributed by atoms with E-state index in [2.05, 4.69) is 24.0 Å². The summed E-state index contributed by atoms with van der Waals surface area (Å²) in [6, 6.07) is 7.15. The first-order chi connectivity index (χ1) is 7.58. The summed E-state index contributed by atoms with van der Waals surface area (Å²) >= 11 is 0. The van der Waals surface area contributed by atoms with E-state index < -0.39 is 0 Å². The van der Waals surface area contributed by atoms with Gasteiger partial charge in [-0.05, 0) is 30.5 Å². The van der Waals surface area contributed by atoms with Crippen LogP contribution < -0.4 is 0 Å². The predicted molar refractivity (Wildman–Crippen MR) is 62.8 cm³/mol. The number of nitrogens with one attached hydrogen (secondary N) is 1. The monoisotopic (exact) mass is 218 g/mol. The molecule has 1 N–H and O–H groups in total. The number of hydrogen-bond acceptors (Lipinski definition) is 1. The Hall–Kier alpha value is -1.64. The second-order valence-corrected chi connectivity index (χ2v) is 4.33. The van der Waals surface area contributed by atoms with Crippen molar-refractivity contribution in [2.75, 3.05) is 0 Å². The van der Waals surface area contributed by atoms with Crippen molar-refractivity contribution in [2.45, 2.75) is 26.7 Å². The summed E-state index contributed by atoms with van der Waals surface area (Å²) in [6.07, 6.45) is 0. The Morgan fingerprint density at radius 2 is 2.00 bits per heavy atom. The average molecular weight is 218 g/mol. The lowest BCUT2D eigenvalue weighted by Gasteiger charge is -1.99. The molecule has 0 radical (unpaired) electrons. The van der Waals surface area contributed by atoms with Crippen LogP contribution in [-0.4, -0.2) is 10.2 Å². The zero-order valence-corrected chi connectivity index (χ0v) is 9.71. The number of benzene rings is 1. The van der Waals surface area contributed by atoms with Crippen LogP contribution in [0.2, 0.25) is 0 Å². The first kappa shape index (κ1) is 10.9. The Bertz CT molecular complexity index is 500. The van der Waals surface area contributed by atoms with Crippen molar-refractivity contribution in [1.82, 2.24) is 10.2 Å². The molecule has 0 saturated carbocycles. The third-order valence-electron chi connectivity index (χ3n) is 2.69. The number of H-pyrrole nitrogens is 1. The molecule has 0 fully saturated rings. The molecule has 3 heteroatoms. The highest BCUT2D eigenvalue weighted by Crippen LogP contribution is 2.22. The van der Waals surface area contributed by atoms with Gasteiger partial charge in [0.05, 0.1) is 5.69 Å². The normalized spacial score (nSPS) is 11.1. The quantitative estimate of drug-likeness (QED) is 0.819. The molecule has 2 rings (SSSR count). The Morgan fingerprint density at radius 3 is 2.56 bits per heavy atom. The van der Waals surface area contributed by atoms with Gasteiger partial charge >= 0.3 is 0 Å². The van der Waals surface area contributed by atoms with Crippen molar-refractivity contribution >= 4 is 0 Å². The number of hydrogen-bond donors (Lipinski definition) is 1. The van der Waals surface area contributed by atoms with E-state index in [1.807, 2.05) is 12.1 Å². The van der Waals surface area contributed by atoms with Crippen molar-refractivity contribution in [3.63, 3.8) is 0 Å². The van der Waals surface area contributed by atoms with Crippen molar-refractivity contribution in [3.05, 3.63) is 41.3 Å². The fraction of sp³-hybridized carbons (Fsp3) is 0.308. The topological polar surface area (TPSA) is 28.7 Å². The summed E-state index contributed by atoms with van der Waals surface area (Å²) in [7, 11) is 0. The third kappa shape index (κ3) is 1.98. The number of rotatable bonds is 2. The Balaban J connectivity index is 2.39. The highest BCUT2D eigenvalue weighted by molar-refractivity contribution is 5.60. The Morgan fingerprint density at radius 1 is 1.25 bits per heavy atom. The van der Waals surface area contributed by atoms with Crippen molar-refractivity contribution in [1.29, 1.82) is 0 Å². The maximum atomic E-state index is 13.4. The van der Waals surface area contributed by atoms with E-state index in [1.165, 1.54) is 6.07 Å². The standard InChI is InChI=1S/C13H15FN2/c1-8(2)12-7-13(16-15-12)10-5-4-9(3)11(14)6-10/h4-8H,1-3H3,(H,15,16). The van der Waals surface area contributed by atoms with Crippen LogP contribution in [0.3, 0.4) is 0 Å². The second-order valence-electron chi connectivity index (χ2n) is 4.33. The SMILES string of the molecule is Cc1ccc(-c2cc(C(C)C)[nH]n2)cc1F. The van der Waals surface area contributed by atoms with Crippen LogP contribution in [0.25, 0.3) is 11.3 Å². The van der Waals surface area contributed by atoms with Gasteiger partial charge in [-0.2, -0.15) is 5.10 Å². The second kappa shape index (κ2) is 4.08. The van der Waals surface area contributed by atoms with E-state index >= 15 is 0 Å². The van der Waals surface area contributed by atoms with Crippen LogP contribution in [-0.2, 0) is 0 Å². The number of halogens is 1. The molecule has 2 nitrogen and oxygen atoms in total. The summed E-state index contributed by atoms with van der Waals surface area (Å²) in [5.74, 6) is 0.211. The molecule has 0 atom stereocenters. The number of aromatic nitrogens is 2. The largest absolute Gasteiger partial charge is 0.282 e. The number of nitrogens with zero attached hydrogens (tertiary/aromatic N) is 1. The van der Waals surface area contributed by atoms with E-state index in [9.17, 15) is 4.39 Å². The van der Waals surface area contributed by atoms with Crippen LogP contribution in [0, 0.1) is 12.7 Å². The molecule has 0 spiro atoms. The van der Waals surface area contributed by atoms with Gasteiger partial charge in [0, 0.05) is 11.3 Å². The van der Waals surface area contributed by atoms with Gasteiger partial charge in [0.25, 0.3) is 0 Å². The molecule has 0 unspecified atom stereocenters. The maximum absolute atomic E-state index is 13.4. The van der Waals surface area contributed by atoms with Crippen LogP contribution in [0.4, 0.5) is 4.39 Å².